The molecule has 39 heavy (non-hydrogen) atoms. The second-order valence-electron chi connectivity index (χ2n) is 8.36. The quantitative estimate of drug-likeness (QED) is 0.0924. The molecular weight excluding hydrogens is 508 g/mol. The Morgan fingerprint density at radius 2 is 1.36 bits per heavy atom. The van der Waals surface area contributed by atoms with Crippen LogP contribution in [0.25, 0.3) is 0 Å². The van der Waals surface area contributed by atoms with E-state index >= 15 is 0 Å². The van der Waals surface area contributed by atoms with Gasteiger partial charge in [-0.15, -0.1) is 0 Å². The summed E-state index contributed by atoms with van der Waals surface area (Å²) in [5.74, 6) is -0.311. The van der Waals surface area contributed by atoms with E-state index in [1.807, 2.05) is 0 Å². The fourth-order valence-electron chi connectivity index (χ4n) is 3.57. The number of benzene rings is 4. The van der Waals surface area contributed by atoms with Crippen LogP contribution >= 0.6 is 0 Å². The third kappa shape index (κ3) is 7.33. The first-order valence-electron chi connectivity index (χ1n) is 11.6. The Bertz CT molecular complexity index is 1450. The maximum absolute atomic E-state index is 12.5. The fourth-order valence-corrected chi connectivity index (χ4v) is 3.57. The number of aromatic hydroxyl groups is 1. The zero-order valence-corrected chi connectivity index (χ0v) is 20.7. The third-order valence-electron chi connectivity index (χ3n) is 5.50. The number of aromatic carboxylic acids is 1. The van der Waals surface area contributed by atoms with Gasteiger partial charge < -0.3 is 24.6 Å². The molecule has 4 aromatic carbocycles. The van der Waals surface area contributed by atoms with E-state index in [1.165, 1.54) is 36.4 Å². The number of ether oxygens (including phenoxy) is 2. The average molecular weight is 533 g/mol. The molecule has 10 heteroatoms. The number of phenols is 1. The van der Waals surface area contributed by atoms with Gasteiger partial charge in [-0.3, -0.25) is 5.26 Å². The minimum atomic E-state index is -1.21. The highest BCUT2D eigenvalue weighted by molar-refractivity contribution is 6.03. The number of hydrogen-bond acceptors (Lipinski definition) is 9. The van der Waals surface area contributed by atoms with Crippen LogP contribution in [0, 0.1) is 6.92 Å². The molecular formula is C29H24O10. The van der Waals surface area contributed by atoms with E-state index in [4.69, 9.17) is 24.5 Å². The maximum atomic E-state index is 12.5. The molecule has 0 aliphatic heterocycles. The smallest absolute Gasteiger partial charge is 0.344 e. The van der Waals surface area contributed by atoms with Gasteiger partial charge in [0.05, 0.1) is 11.1 Å². The second kappa shape index (κ2) is 12.6. The highest BCUT2D eigenvalue weighted by Gasteiger charge is 2.18. The lowest BCUT2D eigenvalue weighted by Crippen LogP contribution is -2.14. The van der Waals surface area contributed by atoms with Gasteiger partial charge in [0, 0.05) is 0 Å². The number of aryl methyl sites for hydroxylation is 1. The molecule has 4 aromatic rings. The highest BCUT2D eigenvalue weighted by atomic mass is 17.2. The van der Waals surface area contributed by atoms with Crippen molar-refractivity contribution in [2.24, 2.45) is 0 Å². The molecule has 0 radical (unpaired) electrons. The van der Waals surface area contributed by atoms with Crippen molar-refractivity contribution in [3.63, 3.8) is 0 Å². The fraction of sp³-hybridized carbons (Fsp3) is 0.103. The van der Waals surface area contributed by atoms with Crippen LogP contribution in [0.15, 0.2) is 84.9 Å². The van der Waals surface area contributed by atoms with E-state index in [1.54, 1.807) is 55.5 Å². The van der Waals surface area contributed by atoms with E-state index in [0.717, 1.165) is 5.56 Å². The molecule has 0 aromatic heterocycles. The van der Waals surface area contributed by atoms with Gasteiger partial charge in [0.2, 0.25) is 0 Å². The van der Waals surface area contributed by atoms with Crippen molar-refractivity contribution in [1.29, 1.82) is 0 Å². The van der Waals surface area contributed by atoms with E-state index < -0.39 is 11.9 Å². The van der Waals surface area contributed by atoms with Gasteiger partial charge in [-0.25, -0.2) is 14.5 Å². The number of carboxylic acid groups (broad SMARTS) is 1. The molecule has 0 heterocycles. The predicted octanol–water partition coefficient (Wildman–Crippen LogP) is 5.91. The lowest BCUT2D eigenvalue weighted by Gasteiger charge is -2.11. The number of carboxylic acids is 1. The summed E-state index contributed by atoms with van der Waals surface area (Å²) in [6.07, 6.45) is 0. The molecule has 0 unspecified atom stereocenters. The summed E-state index contributed by atoms with van der Waals surface area (Å²) in [4.78, 5) is 38.7. The van der Waals surface area contributed by atoms with Gasteiger partial charge in [-0.05, 0) is 90.8 Å². The van der Waals surface area contributed by atoms with Crippen LogP contribution in [0.4, 0.5) is 0 Å². The molecule has 200 valence electrons. The van der Waals surface area contributed by atoms with Crippen LogP contribution in [-0.2, 0) is 23.0 Å². The van der Waals surface area contributed by atoms with Crippen molar-refractivity contribution >= 4 is 11.9 Å². The molecule has 0 fully saturated rings. The monoisotopic (exact) mass is 532 g/mol. The molecule has 0 atom stereocenters. The molecule has 10 nitrogen and oxygen atoms in total. The summed E-state index contributed by atoms with van der Waals surface area (Å²) in [6, 6.07) is 21.9. The van der Waals surface area contributed by atoms with Gasteiger partial charge in [0.1, 0.15) is 36.2 Å². The summed E-state index contributed by atoms with van der Waals surface area (Å²) in [6.45, 7) is 1.69. The van der Waals surface area contributed by atoms with Crippen molar-refractivity contribution in [2.75, 3.05) is 0 Å². The first-order valence-corrected chi connectivity index (χ1v) is 11.6. The van der Waals surface area contributed by atoms with Crippen molar-refractivity contribution in [1.82, 2.24) is 0 Å². The summed E-state index contributed by atoms with van der Waals surface area (Å²) < 4.78 is 11.1. The highest BCUT2D eigenvalue weighted by Crippen LogP contribution is 2.27. The van der Waals surface area contributed by atoms with Crippen LogP contribution in [0.2, 0.25) is 0 Å². The largest absolute Gasteiger partial charge is 0.508 e. The number of carbonyl (C=O) groups excluding carboxylic acids is 1. The third-order valence-corrected chi connectivity index (χ3v) is 5.50. The summed E-state index contributed by atoms with van der Waals surface area (Å²) in [7, 11) is 0. The van der Waals surface area contributed by atoms with Crippen molar-refractivity contribution in [3.05, 3.63) is 113 Å². The number of rotatable bonds is 11. The normalized spacial score (nSPS) is 10.6. The Balaban J connectivity index is 1.31. The predicted molar refractivity (Wildman–Crippen MR) is 137 cm³/mol. The molecule has 0 spiro atoms. The van der Waals surface area contributed by atoms with E-state index in [0.29, 0.717) is 28.4 Å². The van der Waals surface area contributed by atoms with Crippen LogP contribution < -0.4 is 14.4 Å². The van der Waals surface area contributed by atoms with Crippen molar-refractivity contribution in [3.8, 4) is 28.7 Å². The van der Waals surface area contributed by atoms with Gasteiger partial charge >= 0.3 is 11.9 Å². The molecule has 0 bridgehead atoms. The van der Waals surface area contributed by atoms with Crippen LogP contribution in [-0.4, -0.2) is 27.4 Å². The number of carbonyl (C=O) groups is 2. The first kappa shape index (κ1) is 27.1. The molecule has 3 N–H and O–H groups in total. The van der Waals surface area contributed by atoms with Crippen molar-refractivity contribution < 1.29 is 49.2 Å². The van der Waals surface area contributed by atoms with Gasteiger partial charge in [0.25, 0.3) is 0 Å². The Morgan fingerprint density at radius 1 is 0.718 bits per heavy atom. The number of esters is 1. The second-order valence-corrected chi connectivity index (χ2v) is 8.36. The van der Waals surface area contributed by atoms with Gasteiger partial charge in [-0.2, -0.15) is 4.89 Å². The Labute approximate surface area is 223 Å². The molecule has 4 rings (SSSR count). The SMILES string of the molecule is Cc1ccc(C(=O)O)c(C(=O)Oc2ccc(Oc3ccc(OOCc4ccc(O)cc4COO)cc3)cc2)c1. The standard InChI is InChI=1S/C29H24O10/c1-18-2-13-26(28(31)32)27(14-18)29(33)38-24-7-5-22(6-8-24)37-23-9-11-25(12-10-23)39-36-17-19-3-4-21(30)15-20(19)16-35-34/h2-15,30,34H,16-17H2,1H3,(H,31,32). The van der Waals surface area contributed by atoms with E-state index in [2.05, 4.69) is 4.89 Å². The zero-order valence-electron chi connectivity index (χ0n) is 20.7. The van der Waals surface area contributed by atoms with Crippen LogP contribution in [0.5, 0.6) is 28.7 Å². The van der Waals surface area contributed by atoms with Gasteiger partial charge in [0.15, 0.2) is 5.75 Å². The number of hydrogen-bond donors (Lipinski definition) is 3. The summed E-state index contributed by atoms with van der Waals surface area (Å²) >= 11 is 0. The average Bonchev–Trinajstić information content (AvgIpc) is 2.92. The van der Waals surface area contributed by atoms with E-state index in [-0.39, 0.29) is 35.8 Å². The topological polar surface area (TPSA) is 141 Å². The molecule has 0 saturated heterocycles. The Morgan fingerprint density at radius 3 is 2.00 bits per heavy atom. The summed E-state index contributed by atoms with van der Waals surface area (Å²) in [5, 5.41) is 27.6. The van der Waals surface area contributed by atoms with Crippen LogP contribution in [0.3, 0.4) is 0 Å². The summed E-state index contributed by atoms with van der Waals surface area (Å²) in [5.41, 5.74) is 1.78. The zero-order chi connectivity index (χ0) is 27.8. The minimum absolute atomic E-state index is 0.0307. The van der Waals surface area contributed by atoms with E-state index in [9.17, 15) is 19.8 Å². The Hall–Kier alpha value is -4.90. The molecule has 0 saturated carbocycles. The molecule has 0 aliphatic carbocycles. The lowest BCUT2D eigenvalue weighted by atomic mass is 10.0. The van der Waals surface area contributed by atoms with Crippen molar-refractivity contribution in [2.45, 2.75) is 20.1 Å². The van der Waals surface area contributed by atoms with Crippen LogP contribution in [0.1, 0.15) is 37.4 Å². The molecule has 0 amide bonds. The first-order chi connectivity index (χ1) is 18.8. The number of phenolic OH excluding ortho intramolecular Hbond substituents is 1. The maximum Gasteiger partial charge on any atom is 0.344 e. The Kier molecular flexibility index (Phi) is 8.75. The van der Waals surface area contributed by atoms with Gasteiger partial charge in [-0.1, -0.05) is 17.7 Å². The molecule has 0 aliphatic rings. The lowest BCUT2D eigenvalue weighted by molar-refractivity contribution is -0.253. The minimum Gasteiger partial charge on any atom is -0.508 e.